The van der Waals surface area contributed by atoms with Crippen molar-refractivity contribution in [1.82, 2.24) is 20.5 Å². The quantitative estimate of drug-likeness (QED) is 0.615. The van der Waals surface area contributed by atoms with Gasteiger partial charge in [-0.05, 0) is 25.9 Å². The first-order chi connectivity index (χ1) is 7.43. The SMILES string of the molecule is C1=NNC2CNC(N3CCCCC3)CN12. The molecular formula is C10H19N5. The van der Waals surface area contributed by atoms with Crippen LogP contribution in [-0.2, 0) is 0 Å². The monoisotopic (exact) mass is 209 g/mol. The van der Waals surface area contributed by atoms with Crippen molar-refractivity contribution in [3.8, 4) is 0 Å². The van der Waals surface area contributed by atoms with Crippen LogP contribution in [-0.4, -0.2) is 54.6 Å². The van der Waals surface area contributed by atoms with Crippen LogP contribution in [0.2, 0.25) is 0 Å². The molecule has 0 radical (unpaired) electrons. The van der Waals surface area contributed by atoms with Crippen molar-refractivity contribution in [1.29, 1.82) is 0 Å². The van der Waals surface area contributed by atoms with Crippen LogP contribution in [0, 0.1) is 0 Å². The zero-order chi connectivity index (χ0) is 10.1. The molecule has 2 N–H and O–H groups in total. The first-order valence-electron chi connectivity index (χ1n) is 5.95. The molecule has 3 aliphatic heterocycles. The van der Waals surface area contributed by atoms with Crippen LogP contribution < -0.4 is 10.7 Å². The summed E-state index contributed by atoms with van der Waals surface area (Å²) in [5, 5.41) is 7.70. The number of hydrazone groups is 1. The zero-order valence-electron chi connectivity index (χ0n) is 9.02. The maximum Gasteiger partial charge on any atom is 0.129 e. The lowest BCUT2D eigenvalue weighted by atomic mass is 10.1. The van der Waals surface area contributed by atoms with Crippen molar-refractivity contribution < 1.29 is 0 Å². The Bertz CT molecular complexity index is 248. The Hall–Kier alpha value is -0.810. The van der Waals surface area contributed by atoms with Gasteiger partial charge in [0.25, 0.3) is 0 Å². The van der Waals surface area contributed by atoms with Gasteiger partial charge in [-0.25, -0.2) is 0 Å². The molecule has 15 heavy (non-hydrogen) atoms. The molecule has 2 unspecified atom stereocenters. The van der Waals surface area contributed by atoms with Gasteiger partial charge in [-0.2, -0.15) is 5.10 Å². The van der Waals surface area contributed by atoms with Gasteiger partial charge in [0, 0.05) is 13.1 Å². The van der Waals surface area contributed by atoms with Gasteiger partial charge in [-0.1, -0.05) is 6.42 Å². The average Bonchev–Trinajstić information content (AvgIpc) is 2.77. The summed E-state index contributed by atoms with van der Waals surface area (Å²) in [5.41, 5.74) is 3.10. The van der Waals surface area contributed by atoms with E-state index < -0.39 is 0 Å². The highest BCUT2D eigenvalue weighted by atomic mass is 15.5. The first kappa shape index (κ1) is 9.42. The minimum absolute atomic E-state index is 0.381. The second-order valence-corrected chi connectivity index (χ2v) is 4.61. The van der Waals surface area contributed by atoms with E-state index in [2.05, 4.69) is 25.6 Å². The fourth-order valence-corrected chi connectivity index (χ4v) is 2.67. The number of likely N-dealkylation sites (tertiary alicyclic amines) is 1. The Balaban J connectivity index is 1.60. The third-order valence-electron chi connectivity index (χ3n) is 3.59. The molecule has 3 rings (SSSR count). The van der Waals surface area contributed by atoms with Gasteiger partial charge in [0.15, 0.2) is 0 Å². The molecule has 5 heteroatoms. The second-order valence-electron chi connectivity index (χ2n) is 4.61. The highest BCUT2D eigenvalue weighted by molar-refractivity contribution is 5.57. The first-order valence-corrected chi connectivity index (χ1v) is 5.95. The number of hydrogen-bond acceptors (Lipinski definition) is 5. The number of nitrogens with one attached hydrogen (secondary N) is 2. The van der Waals surface area contributed by atoms with Crippen LogP contribution in [0.3, 0.4) is 0 Å². The van der Waals surface area contributed by atoms with Crippen LogP contribution >= 0.6 is 0 Å². The fraction of sp³-hybridized carbons (Fsp3) is 0.900. The summed E-state index contributed by atoms with van der Waals surface area (Å²) in [7, 11) is 0. The summed E-state index contributed by atoms with van der Waals surface area (Å²) in [4.78, 5) is 4.88. The minimum Gasteiger partial charge on any atom is -0.336 e. The predicted octanol–water partition coefficient (Wildman–Crippen LogP) is -0.424. The lowest BCUT2D eigenvalue weighted by molar-refractivity contribution is 0.0737. The van der Waals surface area contributed by atoms with E-state index in [0.717, 1.165) is 13.1 Å². The standard InChI is InChI=1S/C10H19N5/c1-2-4-14(5-3-1)10-7-15-8-12-13-9(15)6-11-10/h8-11,13H,1-7H2. The summed E-state index contributed by atoms with van der Waals surface area (Å²) in [6.07, 6.45) is 6.95. The molecule has 2 atom stereocenters. The third-order valence-corrected chi connectivity index (χ3v) is 3.59. The second kappa shape index (κ2) is 3.98. The number of fused-ring (bicyclic) bond motifs is 1. The molecule has 0 spiro atoms. The number of hydrogen-bond donors (Lipinski definition) is 2. The Morgan fingerprint density at radius 1 is 1.13 bits per heavy atom. The molecule has 0 aromatic heterocycles. The van der Waals surface area contributed by atoms with E-state index >= 15 is 0 Å². The third kappa shape index (κ3) is 1.81. The molecule has 0 bridgehead atoms. The van der Waals surface area contributed by atoms with Gasteiger partial charge in [-0.3, -0.25) is 15.6 Å². The predicted molar refractivity (Wildman–Crippen MR) is 59.3 cm³/mol. The summed E-state index contributed by atoms with van der Waals surface area (Å²) in [5.74, 6) is 0. The normalized spacial score (nSPS) is 36.4. The number of piperazine rings is 1. The molecule has 84 valence electrons. The molecule has 2 fully saturated rings. The highest BCUT2D eigenvalue weighted by Crippen LogP contribution is 2.15. The van der Waals surface area contributed by atoms with E-state index in [9.17, 15) is 0 Å². The molecule has 5 nitrogen and oxygen atoms in total. The van der Waals surface area contributed by atoms with E-state index in [0.29, 0.717) is 12.3 Å². The van der Waals surface area contributed by atoms with Gasteiger partial charge in [0.2, 0.25) is 0 Å². The highest BCUT2D eigenvalue weighted by Gasteiger charge is 2.31. The molecule has 2 saturated heterocycles. The Morgan fingerprint density at radius 3 is 2.87 bits per heavy atom. The molecule has 3 heterocycles. The molecular weight excluding hydrogens is 190 g/mol. The summed E-state index contributed by atoms with van der Waals surface area (Å²) >= 11 is 0. The van der Waals surface area contributed by atoms with Crippen LogP contribution in [0.25, 0.3) is 0 Å². The molecule has 0 aromatic carbocycles. The number of piperidine rings is 1. The number of nitrogens with zero attached hydrogens (tertiary/aromatic N) is 3. The van der Waals surface area contributed by atoms with Crippen LogP contribution in [0.15, 0.2) is 5.10 Å². The fourth-order valence-electron chi connectivity index (χ4n) is 2.67. The lowest BCUT2D eigenvalue weighted by Crippen LogP contribution is -2.63. The van der Waals surface area contributed by atoms with Crippen molar-refractivity contribution in [2.45, 2.75) is 31.6 Å². The van der Waals surface area contributed by atoms with Crippen LogP contribution in [0.5, 0.6) is 0 Å². The summed E-state index contributed by atoms with van der Waals surface area (Å²) in [6.45, 7) is 4.55. The Labute approximate surface area is 90.5 Å². The van der Waals surface area contributed by atoms with Gasteiger partial charge in [0.05, 0.1) is 6.17 Å². The molecule has 0 saturated carbocycles. The molecule has 0 aromatic rings. The maximum absolute atomic E-state index is 4.10. The molecule has 3 aliphatic rings. The smallest absolute Gasteiger partial charge is 0.129 e. The lowest BCUT2D eigenvalue weighted by Gasteiger charge is -2.42. The van der Waals surface area contributed by atoms with Crippen molar-refractivity contribution in [3.63, 3.8) is 0 Å². The van der Waals surface area contributed by atoms with E-state index in [4.69, 9.17) is 0 Å². The van der Waals surface area contributed by atoms with E-state index in [1.54, 1.807) is 0 Å². The van der Waals surface area contributed by atoms with Gasteiger partial charge in [-0.15, -0.1) is 0 Å². The maximum atomic E-state index is 4.10. The summed E-state index contributed by atoms with van der Waals surface area (Å²) < 4.78 is 0. The number of rotatable bonds is 1. The van der Waals surface area contributed by atoms with Crippen molar-refractivity contribution in [2.75, 3.05) is 26.2 Å². The minimum atomic E-state index is 0.381. The van der Waals surface area contributed by atoms with Crippen LogP contribution in [0.1, 0.15) is 19.3 Å². The van der Waals surface area contributed by atoms with E-state index in [1.165, 1.54) is 32.4 Å². The van der Waals surface area contributed by atoms with Crippen molar-refractivity contribution >= 4 is 6.34 Å². The largest absolute Gasteiger partial charge is 0.336 e. The van der Waals surface area contributed by atoms with Gasteiger partial charge >= 0.3 is 0 Å². The average molecular weight is 209 g/mol. The van der Waals surface area contributed by atoms with Gasteiger partial charge < -0.3 is 4.90 Å². The molecule has 0 aliphatic carbocycles. The van der Waals surface area contributed by atoms with E-state index in [-0.39, 0.29) is 0 Å². The van der Waals surface area contributed by atoms with Crippen molar-refractivity contribution in [3.05, 3.63) is 0 Å². The van der Waals surface area contributed by atoms with E-state index in [1.807, 2.05) is 6.34 Å². The Morgan fingerprint density at radius 2 is 2.00 bits per heavy atom. The Kier molecular flexibility index (Phi) is 2.50. The van der Waals surface area contributed by atoms with Crippen LogP contribution in [0.4, 0.5) is 0 Å². The topological polar surface area (TPSA) is 42.9 Å². The zero-order valence-corrected chi connectivity index (χ0v) is 9.02. The van der Waals surface area contributed by atoms with Gasteiger partial charge in [0.1, 0.15) is 12.5 Å². The summed E-state index contributed by atoms with van der Waals surface area (Å²) in [6, 6.07) is 0. The van der Waals surface area contributed by atoms with Crippen molar-refractivity contribution in [2.24, 2.45) is 5.10 Å². The molecule has 0 amide bonds.